The summed E-state index contributed by atoms with van der Waals surface area (Å²) in [6.45, 7) is 4.30. The Balaban J connectivity index is 1.02. The highest BCUT2D eigenvalue weighted by atomic mass is 16.4. The molecule has 7 nitrogen and oxygen atoms in total. The molecule has 0 aliphatic heterocycles. The van der Waals surface area contributed by atoms with Crippen LogP contribution in [0, 0.1) is 0 Å². The first kappa shape index (κ1) is 42.7. The van der Waals surface area contributed by atoms with E-state index in [4.69, 9.17) is 0 Å². The standard InChI is InChI=1S/C52H58N4O3/c57-49(35-36-50(58)59)56(42-22-40-55-52(46-29-13-4-14-30-46,47-31-15-5-16-32-47)48-33-17-6-18-34-48)41-20-19-37-53-38-21-39-54-51(43-23-7-1-8-24-43,44-25-9-2-10-26-44)45-27-11-3-12-28-45/h1-18,23-34,53-55H,19-22,35-42H2,(H,58,59). The van der Waals surface area contributed by atoms with E-state index in [9.17, 15) is 14.7 Å². The first-order valence-corrected chi connectivity index (χ1v) is 21.1. The number of carbonyl (C=O) groups excluding carboxylic acids is 1. The predicted octanol–water partition coefficient (Wildman–Crippen LogP) is 8.99. The lowest BCUT2D eigenvalue weighted by molar-refractivity contribution is -0.141. The molecule has 0 aliphatic carbocycles. The molecule has 0 unspecified atom stereocenters. The maximum atomic E-state index is 13.3. The van der Waals surface area contributed by atoms with E-state index in [0.717, 1.165) is 62.0 Å². The molecule has 0 saturated carbocycles. The normalized spacial score (nSPS) is 11.6. The summed E-state index contributed by atoms with van der Waals surface area (Å²) in [4.78, 5) is 26.6. The van der Waals surface area contributed by atoms with Crippen LogP contribution in [0.2, 0.25) is 0 Å². The third-order valence-electron chi connectivity index (χ3n) is 11.1. The summed E-state index contributed by atoms with van der Waals surface area (Å²) in [5.41, 5.74) is 5.94. The lowest BCUT2D eigenvalue weighted by atomic mass is 9.77. The molecule has 7 heteroatoms. The van der Waals surface area contributed by atoms with Crippen molar-refractivity contribution in [2.45, 2.75) is 49.6 Å². The molecule has 0 aliphatic rings. The molecule has 0 spiro atoms. The molecule has 6 aromatic rings. The van der Waals surface area contributed by atoms with Gasteiger partial charge in [0.1, 0.15) is 0 Å². The fourth-order valence-corrected chi connectivity index (χ4v) is 8.19. The van der Waals surface area contributed by atoms with Gasteiger partial charge in [-0.2, -0.15) is 0 Å². The van der Waals surface area contributed by atoms with E-state index in [1.54, 1.807) is 0 Å². The minimum atomic E-state index is -0.953. The Bertz CT molecular complexity index is 1910. The molecule has 4 N–H and O–H groups in total. The van der Waals surface area contributed by atoms with Gasteiger partial charge in [-0.25, -0.2) is 0 Å². The molecule has 0 saturated heterocycles. The molecular weight excluding hydrogens is 729 g/mol. The fourth-order valence-electron chi connectivity index (χ4n) is 8.19. The summed E-state index contributed by atoms with van der Waals surface area (Å²) in [6.07, 6.45) is 3.25. The second kappa shape index (κ2) is 22.3. The van der Waals surface area contributed by atoms with Crippen molar-refractivity contribution in [3.05, 3.63) is 215 Å². The van der Waals surface area contributed by atoms with Crippen molar-refractivity contribution in [2.24, 2.45) is 0 Å². The predicted molar refractivity (Wildman–Crippen MR) is 239 cm³/mol. The van der Waals surface area contributed by atoms with Gasteiger partial charge >= 0.3 is 5.97 Å². The summed E-state index contributed by atoms with van der Waals surface area (Å²) in [5.74, 6) is -1.06. The average molecular weight is 787 g/mol. The Kier molecular flexibility index (Phi) is 16.2. The van der Waals surface area contributed by atoms with Crippen molar-refractivity contribution in [2.75, 3.05) is 39.3 Å². The Morgan fingerprint density at radius 1 is 0.407 bits per heavy atom. The van der Waals surface area contributed by atoms with Crippen molar-refractivity contribution in [1.82, 2.24) is 20.9 Å². The summed E-state index contributed by atoms with van der Waals surface area (Å²) < 4.78 is 0. The SMILES string of the molecule is O=C(O)CCC(=O)N(CCCCNCCCNC(c1ccccc1)(c1ccccc1)c1ccccc1)CCCNC(c1ccccc1)(c1ccccc1)c1ccccc1. The highest BCUT2D eigenvalue weighted by molar-refractivity contribution is 5.80. The number of hydrogen-bond donors (Lipinski definition) is 4. The van der Waals surface area contributed by atoms with Crippen LogP contribution in [-0.4, -0.2) is 61.2 Å². The fraction of sp³-hybridized carbons (Fsp3) is 0.269. The van der Waals surface area contributed by atoms with Gasteiger partial charge in [0.2, 0.25) is 5.91 Å². The van der Waals surface area contributed by atoms with Crippen LogP contribution in [0.3, 0.4) is 0 Å². The number of rotatable bonds is 24. The van der Waals surface area contributed by atoms with Crippen LogP contribution in [0.1, 0.15) is 71.9 Å². The number of unbranched alkanes of at least 4 members (excludes halogenated alkanes) is 1. The quantitative estimate of drug-likeness (QED) is 0.0362. The number of nitrogens with zero attached hydrogens (tertiary/aromatic N) is 1. The molecule has 0 bridgehead atoms. The van der Waals surface area contributed by atoms with Crippen LogP contribution >= 0.6 is 0 Å². The highest BCUT2D eigenvalue weighted by Crippen LogP contribution is 2.38. The van der Waals surface area contributed by atoms with Gasteiger partial charge in [0.15, 0.2) is 0 Å². The molecule has 0 aromatic heterocycles. The zero-order valence-corrected chi connectivity index (χ0v) is 34.0. The zero-order valence-electron chi connectivity index (χ0n) is 34.0. The molecule has 0 heterocycles. The molecule has 1 amide bonds. The lowest BCUT2D eigenvalue weighted by Crippen LogP contribution is -2.46. The third kappa shape index (κ3) is 11.2. The number of nitrogens with one attached hydrogen (secondary N) is 3. The number of hydrogen-bond acceptors (Lipinski definition) is 5. The maximum Gasteiger partial charge on any atom is 0.303 e. The van der Waals surface area contributed by atoms with Crippen LogP contribution in [0.15, 0.2) is 182 Å². The summed E-state index contributed by atoms with van der Waals surface area (Å²) in [5, 5.41) is 20.8. The van der Waals surface area contributed by atoms with Gasteiger partial charge in [-0.15, -0.1) is 0 Å². The lowest BCUT2D eigenvalue weighted by Gasteiger charge is -2.37. The summed E-state index contributed by atoms with van der Waals surface area (Å²) in [7, 11) is 0. The van der Waals surface area contributed by atoms with Gasteiger partial charge in [0.05, 0.1) is 17.5 Å². The first-order chi connectivity index (χ1) is 29.0. The molecule has 0 fully saturated rings. The van der Waals surface area contributed by atoms with E-state index >= 15 is 0 Å². The molecule has 304 valence electrons. The smallest absolute Gasteiger partial charge is 0.303 e. The minimum Gasteiger partial charge on any atom is -0.481 e. The monoisotopic (exact) mass is 786 g/mol. The van der Waals surface area contributed by atoms with Gasteiger partial charge in [-0.05, 0) is 85.2 Å². The van der Waals surface area contributed by atoms with Gasteiger partial charge in [-0.1, -0.05) is 182 Å². The Hall–Kier alpha value is -5.86. The van der Waals surface area contributed by atoms with Gasteiger partial charge in [-0.3, -0.25) is 20.2 Å². The number of benzene rings is 6. The van der Waals surface area contributed by atoms with E-state index in [1.165, 1.54) is 16.7 Å². The van der Waals surface area contributed by atoms with Crippen LogP contribution in [0.25, 0.3) is 0 Å². The van der Waals surface area contributed by atoms with E-state index in [1.807, 2.05) is 23.1 Å². The molecule has 0 radical (unpaired) electrons. The third-order valence-corrected chi connectivity index (χ3v) is 11.1. The van der Waals surface area contributed by atoms with Crippen molar-refractivity contribution >= 4 is 11.9 Å². The van der Waals surface area contributed by atoms with Crippen LogP contribution in [0.5, 0.6) is 0 Å². The maximum absolute atomic E-state index is 13.3. The van der Waals surface area contributed by atoms with Crippen LogP contribution in [-0.2, 0) is 20.7 Å². The second-order valence-electron chi connectivity index (χ2n) is 15.0. The molecule has 59 heavy (non-hydrogen) atoms. The molecule has 6 rings (SSSR count). The summed E-state index contributed by atoms with van der Waals surface area (Å²) >= 11 is 0. The topological polar surface area (TPSA) is 93.7 Å². The molecule has 0 atom stereocenters. The van der Waals surface area contributed by atoms with Gasteiger partial charge in [0.25, 0.3) is 0 Å². The van der Waals surface area contributed by atoms with Gasteiger partial charge < -0.3 is 15.3 Å². The molecule has 6 aromatic carbocycles. The van der Waals surface area contributed by atoms with Crippen molar-refractivity contribution in [3.63, 3.8) is 0 Å². The Labute approximate surface area is 350 Å². The molecular formula is C52H58N4O3. The number of carbonyl (C=O) groups is 2. The average Bonchev–Trinajstić information content (AvgIpc) is 3.30. The van der Waals surface area contributed by atoms with Crippen LogP contribution in [0.4, 0.5) is 0 Å². The number of aliphatic carboxylic acids is 1. The number of amides is 1. The minimum absolute atomic E-state index is 0.00638. The van der Waals surface area contributed by atoms with Crippen molar-refractivity contribution in [3.8, 4) is 0 Å². The number of carboxylic acid groups (broad SMARTS) is 1. The van der Waals surface area contributed by atoms with E-state index in [-0.39, 0.29) is 18.7 Å². The summed E-state index contributed by atoms with van der Waals surface area (Å²) in [6, 6.07) is 63.5. The number of carboxylic acids is 1. The first-order valence-electron chi connectivity index (χ1n) is 21.1. The van der Waals surface area contributed by atoms with Gasteiger partial charge in [0, 0.05) is 19.5 Å². The van der Waals surface area contributed by atoms with Crippen molar-refractivity contribution in [1.29, 1.82) is 0 Å². The van der Waals surface area contributed by atoms with Crippen LogP contribution < -0.4 is 16.0 Å². The second-order valence-corrected chi connectivity index (χ2v) is 15.0. The van der Waals surface area contributed by atoms with Crippen molar-refractivity contribution < 1.29 is 14.7 Å². The van der Waals surface area contributed by atoms with E-state index < -0.39 is 17.0 Å². The van der Waals surface area contributed by atoms with E-state index in [2.05, 4.69) is 180 Å². The Morgan fingerprint density at radius 2 is 0.729 bits per heavy atom. The van der Waals surface area contributed by atoms with E-state index in [0.29, 0.717) is 19.6 Å². The zero-order chi connectivity index (χ0) is 41.0. The highest BCUT2D eigenvalue weighted by Gasteiger charge is 2.36. The Morgan fingerprint density at radius 3 is 1.08 bits per heavy atom. The largest absolute Gasteiger partial charge is 0.481 e.